The van der Waals surface area contributed by atoms with Gasteiger partial charge in [-0.3, -0.25) is 4.79 Å². The maximum atomic E-state index is 10.4. The number of rotatable bonds is 3. The molecular formula is C7H7NO4S. The maximum Gasteiger partial charge on any atom is 0.345 e. The van der Waals surface area contributed by atoms with E-state index in [1.54, 1.807) is 0 Å². The van der Waals surface area contributed by atoms with Crippen LogP contribution < -0.4 is 5.73 Å². The Kier molecular flexibility index (Phi) is 2.64. The molecular weight excluding hydrogens is 194 g/mol. The first-order valence-electron chi connectivity index (χ1n) is 3.32. The van der Waals surface area contributed by atoms with Crippen molar-refractivity contribution in [2.45, 2.75) is 6.04 Å². The Labute approximate surface area is 77.4 Å². The number of hydrogen-bond acceptors (Lipinski definition) is 4. The van der Waals surface area contributed by atoms with Gasteiger partial charge in [0.1, 0.15) is 10.9 Å². The summed E-state index contributed by atoms with van der Waals surface area (Å²) >= 11 is 0.961. The molecule has 0 amide bonds. The second kappa shape index (κ2) is 3.55. The highest BCUT2D eigenvalue weighted by molar-refractivity contribution is 7.12. The van der Waals surface area contributed by atoms with Gasteiger partial charge in [0.05, 0.1) is 0 Å². The fourth-order valence-electron chi connectivity index (χ4n) is 0.769. The second-order valence-corrected chi connectivity index (χ2v) is 3.28. The third kappa shape index (κ3) is 2.04. The summed E-state index contributed by atoms with van der Waals surface area (Å²) < 4.78 is 0. The monoisotopic (exact) mass is 201 g/mol. The lowest BCUT2D eigenvalue weighted by atomic mass is 10.1. The average Bonchev–Trinajstić information content (AvgIpc) is 2.50. The van der Waals surface area contributed by atoms with Gasteiger partial charge in [-0.25, -0.2) is 4.79 Å². The molecule has 0 aliphatic heterocycles. The van der Waals surface area contributed by atoms with Crippen molar-refractivity contribution in [1.29, 1.82) is 0 Å². The maximum absolute atomic E-state index is 10.4. The molecule has 1 heterocycles. The summed E-state index contributed by atoms with van der Waals surface area (Å²) in [6.45, 7) is 0. The SMILES string of the molecule is NC(C(=O)O)c1csc(C(=O)O)c1. The van der Waals surface area contributed by atoms with E-state index < -0.39 is 18.0 Å². The van der Waals surface area contributed by atoms with Gasteiger partial charge in [-0.2, -0.15) is 0 Å². The molecule has 70 valence electrons. The van der Waals surface area contributed by atoms with Crippen molar-refractivity contribution in [1.82, 2.24) is 0 Å². The second-order valence-electron chi connectivity index (χ2n) is 2.37. The molecule has 0 aromatic carbocycles. The lowest BCUT2D eigenvalue weighted by Crippen LogP contribution is -2.19. The minimum Gasteiger partial charge on any atom is -0.480 e. The Morgan fingerprint density at radius 2 is 2.08 bits per heavy atom. The number of aromatic carboxylic acids is 1. The Balaban J connectivity index is 2.91. The van der Waals surface area contributed by atoms with Crippen LogP contribution in [0.4, 0.5) is 0 Å². The first-order chi connectivity index (χ1) is 6.02. The number of hydrogen-bond donors (Lipinski definition) is 3. The van der Waals surface area contributed by atoms with Crippen molar-refractivity contribution in [2.75, 3.05) is 0 Å². The van der Waals surface area contributed by atoms with E-state index in [0.717, 1.165) is 11.3 Å². The van der Waals surface area contributed by atoms with Gasteiger partial charge in [0, 0.05) is 0 Å². The zero-order valence-electron chi connectivity index (χ0n) is 6.43. The van der Waals surface area contributed by atoms with Crippen LogP contribution in [0.5, 0.6) is 0 Å². The summed E-state index contributed by atoms with van der Waals surface area (Å²) in [7, 11) is 0. The molecule has 0 aliphatic carbocycles. The summed E-state index contributed by atoms with van der Waals surface area (Å²) in [6, 6.07) is 0.121. The van der Waals surface area contributed by atoms with Crippen LogP contribution in [-0.2, 0) is 4.79 Å². The molecule has 1 aromatic rings. The number of thiophene rings is 1. The normalized spacial score (nSPS) is 12.4. The van der Waals surface area contributed by atoms with Crippen LogP contribution in [0.1, 0.15) is 21.3 Å². The van der Waals surface area contributed by atoms with E-state index in [4.69, 9.17) is 15.9 Å². The van der Waals surface area contributed by atoms with Gasteiger partial charge in [-0.05, 0) is 17.0 Å². The van der Waals surface area contributed by atoms with Crippen molar-refractivity contribution in [3.8, 4) is 0 Å². The summed E-state index contributed by atoms with van der Waals surface area (Å²) in [6.07, 6.45) is 0. The van der Waals surface area contributed by atoms with Gasteiger partial charge >= 0.3 is 11.9 Å². The smallest absolute Gasteiger partial charge is 0.345 e. The molecule has 4 N–H and O–H groups in total. The van der Waals surface area contributed by atoms with E-state index in [1.165, 1.54) is 11.4 Å². The average molecular weight is 201 g/mol. The summed E-state index contributed by atoms with van der Waals surface area (Å²) in [5.41, 5.74) is 5.58. The first kappa shape index (κ1) is 9.69. The largest absolute Gasteiger partial charge is 0.480 e. The Hall–Kier alpha value is -1.40. The Morgan fingerprint density at radius 3 is 2.46 bits per heavy atom. The molecule has 1 unspecified atom stereocenters. The van der Waals surface area contributed by atoms with Crippen LogP contribution in [0.2, 0.25) is 0 Å². The number of nitrogens with two attached hydrogens (primary N) is 1. The van der Waals surface area contributed by atoms with E-state index in [1.807, 2.05) is 0 Å². The van der Waals surface area contributed by atoms with Gasteiger partial charge in [0.25, 0.3) is 0 Å². The molecule has 0 radical (unpaired) electrons. The molecule has 0 spiro atoms. The van der Waals surface area contributed by atoms with Crippen LogP contribution in [-0.4, -0.2) is 22.2 Å². The van der Waals surface area contributed by atoms with E-state index >= 15 is 0 Å². The molecule has 0 saturated carbocycles. The molecule has 1 rings (SSSR count). The number of carboxylic acid groups (broad SMARTS) is 2. The highest BCUT2D eigenvalue weighted by Gasteiger charge is 2.17. The minimum atomic E-state index is -1.17. The fraction of sp³-hybridized carbons (Fsp3) is 0.143. The third-order valence-corrected chi connectivity index (χ3v) is 2.39. The van der Waals surface area contributed by atoms with Crippen LogP contribution in [0.15, 0.2) is 11.4 Å². The van der Waals surface area contributed by atoms with E-state index in [9.17, 15) is 9.59 Å². The van der Waals surface area contributed by atoms with Crippen LogP contribution in [0.25, 0.3) is 0 Å². The third-order valence-electron chi connectivity index (χ3n) is 1.46. The fourth-order valence-corrected chi connectivity index (χ4v) is 1.55. The quantitative estimate of drug-likeness (QED) is 0.662. The summed E-state index contributed by atoms with van der Waals surface area (Å²) in [5, 5.41) is 18.5. The van der Waals surface area contributed by atoms with Crippen LogP contribution in [0, 0.1) is 0 Å². The standard InChI is InChI=1S/C7H7NO4S/c8-5(7(11)12)3-1-4(6(9)10)13-2-3/h1-2,5H,8H2,(H,9,10)(H,11,12). The number of aliphatic carboxylic acids is 1. The Morgan fingerprint density at radius 1 is 1.46 bits per heavy atom. The van der Waals surface area contributed by atoms with Gasteiger partial charge in [0.2, 0.25) is 0 Å². The van der Waals surface area contributed by atoms with Gasteiger partial charge in [-0.1, -0.05) is 0 Å². The minimum absolute atomic E-state index is 0.0895. The van der Waals surface area contributed by atoms with Gasteiger partial charge in [0.15, 0.2) is 0 Å². The van der Waals surface area contributed by atoms with Crippen molar-refractivity contribution in [3.05, 3.63) is 21.9 Å². The predicted molar refractivity (Wildman–Crippen MR) is 45.8 cm³/mol. The number of carboxylic acids is 2. The van der Waals surface area contributed by atoms with Crippen LogP contribution in [0.3, 0.4) is 0 Å². The highest BCUT2D eigenvalue weighted by Crippen LogP contribution is 2.19. The molecule has 0 bridgehead atoms. The lowest BCUT2D eigenvalue weighted by Gasteiger charge is -2.00. The number of carbonyl (C=O) groups is 2. The summed E-state index contributed by atoms with van der Waals surface area (Å²) in [4.78, 5) is 20.9. The molecule has 1 aromatic heterocycles. The molecule has 0 saturated heterocycles. The molecule has 1 atom stereocenters. The predicted octanol–water partition coefficient (Wildman–Crippen LogP) is 0.531. The van der Waals surface area contributed by atoms with E-state index in [0.29, 0.717) is 5.56 Å². The summed E-state index contributed by atoms with van der Waals surface area (Å²) in [5.74, 6) is -2.25. The molecule has 13 heavy (non-hydrogen) atoms. The van der Waals surface area contributed by atoms with Gasteiger partial charge < -0.3 is 15.9 Å². The molecule has 5 nitrogen and oxygen atoms in total. The molecule has 6 heteroatoms. The zero-order chi connectivity index (χ0) is 10.0. The van der Waals surface area contributed by atoms with Crippen molar-refractivity contribution in [2.24, 2.45) is 5.73 Å². The Bertz CT molecular complexity index is 346. The molecule has 0 aliphatic rings. The highest BCUT2D eigenvalue weighted by atomic mass is 32.1. The lowest BCUT2D eigenvalue weighted by molar-refractivity contribution is -0.138. The van der Waals surface area contributed by atoms with Crippen LogP contribution >= 0.6 is 11.3 Å². The van der Waals surface area contributed by atoms with Gasteiger partial charge in [-0.15, -0.1) is 11.3 Å². The molecule has 0 fully saturated rings. The zero-order valence-corrected chi connectivity index (χ0v) is 7.25. The van der Waals surface area contributed by atoms with E-state index in [2.05, 4.69) is 0 Å². The van der Waals surface area contributed by atoms with Crippen molar-refractivity contribution >= 4 is 23.3 Å². The van der Waals surface area contributed by atoms with Crippen molar-refractivity contribution in [3.63, 3.8) is 0 Å². The first-order valence-corrected chi connectivity index (χ1v) is 4.20. The van der Waals surface area contributed by atoms with E-state index in [-0.39, 0.29) is 4.88 Å². The van der Waals surface area contributed by atoms with Crippen molar-refractivity contribution < 1.29 is 19.8 Å². The topological polar surface area (TPSA) is 101 Å².